The first-order valence-electron chi connectivity index (χ1n) is 4.91. The number of pyridine rings is 1. The normalized spacial score (nSPS) is 10.8. The first kappa shape index (κ1) is 9.54. The molecule has 2 heterocycles. The summed E-state index contributed by atoms with van der Waals surface area (Å²) in [5.74, 6) is 0.870. The minimum atomic E-state index is 0.748. The largest absolute Gasteiger partial charge is 0.256 e. The van der Waals surface area contributed by atoms with Gasteiger partial charge in [-0.25, -0.2) is 9.97 Å². The Morgan fingerprint density at radius 3 is 2.56 bits per heavy atom. The Hall–Kier alpha value is -1.68. The van der Waals surface area contributed by atoms with Crippen molar-refractivity contribution < 1.29 is 0 Å². The second kappa shape index (κ2) is 3.72. The summed E-state index contributed by atoms with van der Waals surface area (Å²) in [7, 11) is 0. The van der Waals surface area contributed by atoms with Crippen molar-refractivity contribution in [3.8, 4) is 11.4 Å². The van der Waals surface area contributed by atoms with Gasteiger partial charge in [-0.2, -0.15) is 0 Å². The van der Waals surface area contributed by atoms with E-state index in [1.807, 2.05) is 46.1 Å². The van der Waals surface area contributed by atoms with Crippen LogP contribution in [-0.2, 0) is 0 Å². The fraction of sp³-hybridized carbons (Fsp3) is 0. The topological polar surface area (TPSA) is 30.7 Å². The van der Waals surface area contributed by atoms with E-state index < -0.39 is 0 Å². The lowest BCUT2D eigenvalue weighted by atomic mass is 10.2. The number of nitrogens with zero attached hydrogens (tertiary/aromatic N) is 3. The van der Waals surface area contributed by atoms with E-state index in [0.29, 0.717) is 0 Å². The SMILES string of the molecule is Brn1c(-c2ccccc2)nc2ncccc21. The van der Waals surface area contributed by atoms with Gasteiger partial charge in [-0.1, -0.05) is 30.3 Å². The van der Waals surface area contributed by atoms with E-state index in [1.165, 1.54) is 0 Å². The molecule has 78 valence electrons. The van der Waals surface area contributed by atoms with Crippen LogP contribution in [-0.4, -0.2) is 13.6 Å². The van der Waals surface area contributed by atoms with Crippen LogP contribution in [0, 0.1) is 0 Å². The summed E-state index contributed by atoms with van der Waals surface area (Å²) in [6.45, 7) is 0. The Bertz CT molecular complexity index is 631. The third kappa shape index (κ3) is 1.42. The van der Waals surface area contributed by atoms with Gasteiger partial charge in [0.05, 0.1) is 21.7 Å². The number of hydrogen-bond donors (Lipinski definition) is 0. The highest BCUT2D eigenvalue weighted by molar-refractivity contribution is 9.08. The van der Waals surface area contributed by atoms with Crippen LogP contribution in [0.3, 0.4) is 0 Å². The highest BCUT2D eigenvalue weighted by Crippen LogP contribution is 2.24. The molecular formula is C12H8BrN3. The lowest BCUT2D eigenvalue weighted by Crippen LogP contribution is -1.85. The number of imidazole rings is 1. The van der Waals surface area contributed by atoms with Gasteiger partial charge in [0, 0.05) is 11.8 Å². The summed E-state index contributed by atoms with van der Waals surface area (Å²) in [6.07, 6.45) is 1.75. The van der Waals surface area contributed by atoms with Crippen molar-refractivity contribution in [2.24, 2.45) is 0 Å². The third-order valence-electron chi connectivity index (χ3n) is 2.41. The van der Waals surface area contributed by atoms with E-state index in [0.717, 1.165) is 22.6 Å². The second-order valence-electron chi connectivity index (χ2n) is 3.43. The quantitative estimate of drug-likeness (QED) is 0.682. The van der Waals surface area contributed by atoms with Crippen molar-refractivity contribution in [3.63, 3.8) is 0 Å². The van der Waals surface area contributed by atoms with Crippen LogP contribution in [0.25, 0.3) is 22.6 Å². The highest BCUT2D eigenvalue weighted by Gasteiger charge is 2.10. The van der Waals surface area contributed by atoms with Gasteiger partial charge in [0.25, 0.3) is 0 Å². The van der Waals surface area contributed by atoms with E-state index in [1.54, 1.807) is 6.20 Å². The molecule has 3 nitrogen and oxygen atoms in total. The van der Waals surface area contributed by atoms with Gasteiger partial charge in [0.15, 0.2) is 11.5 Å². The molecule has 0 aliphatic carbocycles. The standard InChI is InChI=1S/C12H8BrN3/c13-16-10-7-4-8-14-11(10)15-12(16)9-5-2-1-3-6-9/h1-8H. The number of rotatable bonds is 1. The highest BCUT2D eigenvalue weighted by atomic mass is 79.9. The molecule has 0 fully saturated rings. The van der Waals surface area contributed by atoms with Crippen molar-refractivity contribution in [1.29, 1.82) is 0 Å². The summed E-state index contributed by atoms with van der Waals surface area (Å²) >= 11 is 3.50. The van der Waals surface area contributed by atoms with Crippen molar-refractivity contribution in [2.45, 2.75) is 0 Å². The number of fused-ring (bicyclic) bond motifs is 1. The Morgan fingerprint density at radius 2 is 1.81 bits per heavy atom. The molecule has 0 N–H and O–H groups in total. The molecule has 0 saturated heterocycles. The molecule has 0 radical (unpaired) electrons. The maximum Gasteiger partial charge on any atom is 0.179 e. The summed E-state index contributed by atoms with van der Waals surface area (Å²) < 4.78 is 1.88. The van der Waals surface area contributed by atoms with Crippen molar-refractivity contribution in [1.82, 2.24) is 13.6 Å². The molecule has 0 aliphatic rings. The molecule has 0 spiro atoms. The van der Waals surface area contributed by atoms with E-state index in [4.69, 9.17) is 0 Å². The minimum Gasteiger partial charge on any atom is -0.256 e. The Kier molecular flexibility index (Phi) is 2.22. The van der Waals surface area contributed by atoms with Crippen molar-refractivity contribution >= 4 is 27.3 Å². The van der Waals surface area contributed by atoms with E-state index in [9.17, 15) is 0 Å². The van der Waals surface area contributed by atoms with Crippen LogP contribution in [0.5, 0.6) is 0 Å². The molecule has 16 heavy (non-hydrogen) atoms. The fourth-order valence-electron chi connectivity index (χ4n) is 1.65. The zero-order valence-electron chi connectivity index (χ0n) is 8.34. The van der Waals surface area contributed by atoms with Gasteiger partial charge in [0.2, 0.25) is 0 Å². The lowest BCUT2D eigenvalue weighted by molar-refractivity contribution is 1.28. The molecular weight excluding hydrogens is 266 g/mol. The molecule has 3 aromatic rings. The monoisotopic (exact) mass is 273 g/mol. The number of halogens is 1. The van der Waals surface area contributed by atoms with Gasteiger partial charge in [-0.05, 0) is 12.1 Å². The molecule has 2 aromatic heterocycles. The molecule has 0 atom stereocenters. The first-order chi connectivity index (χ1) is 7.86. The predicted molar refractivity (Wildman–Crippen MR) is 67.3 cm³/mol. The molecule has 0 aliphatic heterocycles. The van der Waals surface area contributed by atoms with Crippen LogP contribution in [0.15, 0.2) is 48.7 Å². The molecule has 4 heteroatoms. The fourth-order valence-corrected chi connectivity index (χ4v) is 2.21. The zero-order chi connectivity index (χ0) is 11.0. The van der Waals surface area contributed by atoms with Crippen molar-refractivity contribution in [2.75, 3.05) is 0 Å². The van der Waals surface area contributed by atoms with Crippen molar-refractivity contribution in [3.05, 3.63) is 48.7 Å². The van der Waals surface area contributed by atoms with Crippen LogP contribution in [0.1, 0.15) is 0 Å². The molecule has 0 bridgehead atoms. The second-order valence-corrected chi connectivity index (χ2v) is 4.14. The van der Waals surface area contributed by atoms with Crippen LogP contribution < -0.4 is 0 Å². The lowest BCUT2D eigenvalue weighted by Gasteiger charge is -1.98. The number of aromatic nitrogens is 3. The maximum absolute atomic E-state index is 4.49. The van der Waals surface area contributed by atoms with E-state index in [2.05, 4.69) is 26.1 Å². The smallest absolute Gasteiger partial charge is 0.179 e. The Morgan fingerprint density at radius 1 is 1.00 bits per heavy atom. The van der Waals surface area contributed by atoms with E-state index in [-0.39, 0.29) is 0 Å². The average molecular weight is 274 g/mol. The first-order valence-corrected chi connectivity index (χ1v) is 5.62. The van der Waals surface area contributed by atoms with E-state index >= 15 is 0 Å². The summed E-state index contributed by atoms with van der Waals surface area (Å²) in [5, 5.41) is 0. The van der Waals surface area contributed by atoms with Gasteiger partial charge < -0.3 is 0 Å². The maximum atomic E-state index is 4.49. The van der Waals surface area contributed by atoms with Gasteiger partial charge in [-0.15, -0.1) is 0 Å². The molecule has 0 saturated carbocycles. The minimum absolute atomic E-state index is 0.748. The molecule has 0 unspecified atom stereocenters. The van der Waals surface area contributed by atoms with Gasteiger partial charge in [0.1, 0.15) is 0 Å². The summed E-state index contributed by atoms with van der Waals surface area (Å²) in [4.78, 5) is 8.71. The summed E-state index contributed by atoms with van der Waals surface area (Å²) in [5.41, 5.74) is 2.79. The number of hydrogen-bond acceptors (Lipinski definition) is 2. The van der Waals surface area contributed by atoms with Crippen LogP contribution in [0.4, 0.5) is 0 Å². The average Bonchev–Trinajstić information content (AvgIpc) is 2.69. The van der Waals surface area contributed by atoms with Crippen LogP contribution >= 0.6 is 16.1 Å². The molecule has 0 amide bonds. The third-order valence-corrected chi connectivity index (χ3v) is 3.13. The molecule has 1 aromatic carbocycles. The van der Waals surface area contributed by atoms with Gasteiger partial charge in [-0.3, -0.25) is 3.59 Å². The molecule has 3 rings (SSSR count). The van der Waals surface area contributed by atoms with Gasteiger partial charge >= 0.3 is 0 Å². The Labute approximate surface area is 101 Å². The predicted octanol–water partition coefficient (Wildman–Crippen LogP) is 3.26. The summed E-state index contributed by atoms with van der Waals surface area (Å²) in [6, 6.07) is 13.9. The van der Waals surface area contributed by atoms with Crippen LogP contribution in [0.2, 0.25) is 0 Å². The number of benzene rings is 1. The Balaban J connectivity index is 2.29. The zero-order valence-corrected chi connectivity index (χ0v) is 9.92.